The summed E-state index contributed by atoms with van der Waals surface area (Å²) in [7, 11) is 1.48. The van der Waals surface area contributed by atoms with Gasteiger partial charge in [0.05, 0.1) is 13.2 Å². The van der Waals surface area contributed by atoms with Crippen molar-refractivity contribution in [2.24, 2.45) is 0 Å². The molecule has 3 rings (SSSR count). The molecule has 0 spiro atoms. The van der Waals surface area contributed by atoms with Gasteiger partial charge in [-0.25, -0.2) is 4.98 Å². The Morgan fingerprint density at radius 1 is 1.46 bits per heavy atom. The number of hydrogen-bond donors (Lipinski definition) is 2. The zero-order chi connectivity index (χ0) is 17.3. The Balaban J connectivity index is 2.17. The van der Waals surface area contributed by atoms with Gasteiger partial charge in [-0.2, -0.15) is 4.39 Å². The molecule has 0 fully saturated rings. The first kappa shape index (κ1) is 16.4. The average Bonchev–Trinajstić information content (AvgIpc) is 2.77. The highest BCUT2D eigenvalue weighted by molar-refractivity contribution is 5.85. The number of aryl methyl sites for hydroxylation is 1. The smallest absolute Gasteiger partial charge is 0.217 e. The van der Waals surface area contributed by atoms with Crippen LogP contribution < -0.4 is 5.32 Å². The van der Waals surface area contributed by atoms with Gasteiger partial charge in [-0.1, -0.05) is 6.08 Å². The van der Waals surface area contributed by atoms with E-state index in [4.69, 9.17) is 4.74 Å². The van der Waals surface area contributed by atoms with Gasteiger partial charge in [-0.15, -0.1) is 0 Å². The van der Waals surface area contributed by atoms with Crippen molar-refractivity contribution in [3.05, 3.63) is 58.9 Å². The molecular weight excluding hydrogens is 311 g/mol. The number of carbonyl (C=O) groups excluding carboxylic acids is 1. The van der Waals surface area contributed by atoms with Crippen molar-refractivity contribution in [3.8, 4) is 0 Å². The van der Waals surface area contributed by atoms with E-state index >= 15 is 0 Å². The predicted octanol–water partition coefficient (Wildman–Crippen LogP) is 1.89. The normalized spacial score (nSPS) is 22.8. The molecule has 2 aliphatic rings. The number of ether oxygens (including phenoxy) is 1. The Labute approximate surface area is 139 Å². The molecule has 0 aliphatic heterocycles. The van der Waals surface area contributed by atoms with Crippen LogP contribution in [0.2, 0.25) is 0 Å². The number of nitrogens with zero attached hydrogens (tertiary/aromatic N) is 1. The molecule has 2 atom stereocenters. The fourth-order valence-electron chi connectivity index (χ4n) is 3.20. The molecule has 0 radical (unpaired) electrons. The Bertz CT molecular complexity index is 768. The lowest BCUT2D eigenvalue weighted by Crippen LogP contribution is -2.35. The summed E-state index contributed by atoms with van der Waals surface area (Å²) in [4.78, 5) is 15.3. The maximum absolute atomic E-state index is 13.7. The second kappa shape index (κ2) is 6.57. The van der Waals surface area contributed by atoms with E-state index in [9.17, 15) is 14.3 Å². The van der Waals surface area contributed by atoms with E-state index in [2.05, 4.69) is 10.3 Å². The van der Waals surface area contributed by atoms with Crippen LogP contribution >= 0.6 is 0 Å². The number of methoxy groups -OCH3 is 1. The van der Waals surface area contributed by atoms with Gasteiger partial charge in [0.15, 0.2) is 0 Å². The number of carbonyl (C=O) groups is 1. The largest absolute Gasteiger partial charge is 0.498 e. The van der Waals surface area contributed by atoms with E-state index in [1.807, 2.05) is 0 Å². The lowest BCUT2D eigenvalue weighted by atomic mass is 9.93. The Hall–Kier alpha value is -2.47. The molecule has 1 heterocycles. The number of amides is 1. The van der Waals surface area contributed by atoms with Gasteiger partial charge in [0.1, 0.15) is 11.9 Å². The van der Waals surface area contributed by atoms with Crippen LogP contribution in [0, 0.1) is 5.95 Å². The van der Waals surface area contributed by atoms with E-state index in [0.717, 1.165) is 22.3 Å². The summed E-state index contributed by atoms with van der Waals surface area (Å²) in [5.74, 6) is -0.331. The third-order valence-electron chi connectivity index (χ3n) is 4.29. The summed E-state index contributed by atoms with van der Waals surface area (Å²) in [6, 6.07) is 1.12. The highest BCUT2D eigenvalue weighted by atomic mass is 19.1. The lowest BCUT2D eigenvalue weighted by Gasteiger charge is -2.21. The molecule has 0 aromatic carbocycles. The highest BCUT2D eigenvalue weighted by Crippen LogP contribution is 2.36. The Morgan fingerprint density at radius 3 is 2.96 bits per heavy atom. The fraction of sp³-hybridized carbons (Fsp3) is 0.333. The minimum Gasteiger partial charge on any atom is -0.498 e. The molecule has 2 aliphatic carbocycles. The standard InChI is InChI=1S/C18H19FN2O3/c1-10(22)21-15-5-3-11-9-20-18(19)8-13(11)12-4-6-17(24-2)16(23)7-14(12)15/h4,6-9,15-16,23H,3,5H2,1-2H3,(H,21,22)/t15-,16?/m0/s1. The molecule has 6 heteroatoms. The minimum atomic E-state index is -0.928. The molecule has 1 amide bonds. The van der Waals surface area contributed by atoms with Crippen molar-refractivity contribution < 1.29 is 19.0 Å². The molecular formula is C18H19FN2O3. The van der Waals surface area contributed by atoms with E-state index in [0.29, 0.717) is 18.6 Å². The molecule has 0 saturated heterocycles. The van der Waals surface area contributed by atoms with Gasteiger partial charge in [-0.05, 0) is 47.3 Å². The summed E-state index contributed by atoms with van der Waals surface area (Å²) in [6.45, 7) is 1.45. The average molecular weight is 330 g/mol. The number of hydrogen-bond acceptors (Lipinski definition) is 4. The number of allylic oxidation sites excluding steroid dienone is 2. The van der Waals surface area contributed by atoms with Crippen molar-refractivity contribution in [2.45, 2.75) is 31.9 Å². The first-order chi connectivity index (χ1) is 11.5. The second-order valence-corrected chi connectivity index (χ2v) is 5.88. The zero-order valence-corrected chi connectivity index (χ0v) is 13.5. The molecule has 24 heavy (non-hydrogen) atoms. The van der Waals surface area contributed by atoms with E-state index < -0.39 is 12.1 Å². The van der Waals surface area contributed by atoms with Gasteiger partial charge >= 0.3 is 0 Å². The Kier molecular flexibility index (Phi) is 4.49. The first-order valence-electron chi connectivity index (χ1n) is 7.77. The molecule has 0 saturated carbocycles. The number of pyridine rings is 1. The van der Waals surface area contributed by atoms with Crippen molar-refractivity contribution in [1.82, 2.24) is 10.3 Å². The van der Waals surface area contributed by atoms with Crippen LogP contribution in [0.1, 0.15) is 24.5 Å². The molecule has 126 valence electrons. The SMILES string of the molecule is COC1=CC=C2C(=CC1O)[C@@H](NC(C)=O)CCc1cnc(F)cc12. The quantitative estimate of drug-likeness (QED) is 0.813. The van der Waals surface area contributed by atoms with Crippen molar-refractivity contribution >= 4 is 11.5 Å². The zero-order valence-electron chi connectivity index (χ0n) is 13.5. The van der Waals surface area contributed by atoms with Gasteiger partial charge in [0, 0.05) is 19.2 Å². The number of rotatable bonds is 2. The minimum absolute atomic E-state index is 0.158. The van der Waals surface area contributed by atoms with Crippen LogP contribution in [0.3, 0.4) is 0 Å². The molecule has 1 aromatic heterocycles. The molecule has 1 aromatic rings. The first-order valence-corrected chi connectivity index (χ1v) is 7.77. The number of aliphatic hydroxyl groups excluding tert-OH is 1. The van der Waals surface area contributed by atoms with Crippen LogP contribution in [0.5, 0.6) is 0 Å². The topological polar surface area (TPSA) is 71.5 Å². The van der Waals surface area contributed by atoms with Crippen LogP contribution in [0.25, 0.3) is 5.57 Å². The number of fused-ring (bicyclic) bond motifs is 3. The molecule has 0 bridgehead atoms. The van der Waals surface area contributed by atoms with Crippen LogP contribution in [0.15, 0.2) is 41.8 Å². The summed E-state index contributed by atoms with van der Waals surface area (Å²) >= 11 is 0. The maximum Gasteiger partial charge on any atom is 0.217 e. The maximum atomic E-state index is 13.7. The number of aliphatic hydroxyl groups is 1. The molecule has 1 unspecified atom stereocenters. The molecule has 5 nitrogen and oxygen atoms in total. The highest BCUT2D eigenvalue weighted by Gasteiger charge is 2.28. The van der Waals surface area contributed by atoms with Gasteiger partial charge in [0.2, 0.25) is 11.9 Å². The van der Waals surface area contributed by atoms with E-state index in [1.54, 1.807) is 18.2 Å². The second-order valence-electron chi connectivity index (χ2n) is 5.88. The fourth-order valence-corrected chi connectivity index (χ4v) is 3.20. The summed E-state index contributed by atoms with van der Waals surface area (Å²) in [5.41, 5.74) is 3.14. The molecule has 2 N–H and O–H groups in total. The predicted molar refractivity (Wildman–Crippen MR) is 87.3 cm³/mol. The van der Waals surface area contributed by atoms with Crippen molar-refractivity contribution in [2.75, 3.05) is 7.11 Å². The number of nitrogens with one attached hydrogen (secondary N) is 1. The van der Waals surface area contributed by atoms with Gasteiger partial charge in [-0.3, -0.25) is 4.79 Å². The van der Waals surface area contributed by atoms with E-state index in [-0.39, 0.29) is 11.9 Å². The monoisotopic (exact) mass is 330 g/mol. The van der Waals surface area contributed by atoms with Crippen LogP contribution in [0.4, 0.5) is 4.39 Å². The summed E-state index contributed by atoms with van der Waals surface area (Å²) < 4.78 is 18.9. The van der Waals surface area contributed by atoms with Crippen LogP contribution in [-0.2, 0) is 16.0 Å². The van der Waals surface area contributed by atoms with Gasteiger partial charge < -0.3 is 15.2 Å². The van der Waals surface area contributed by atoms with Gasteiger partial charge in [0.25, 0.3) is 0 Å². The summed E-state index contributed by atoms with van der Waals surface area (Å²) in [6.07, 6.45) is 7.01. The number of aromatic nitrogens is 1. The Morgan fingerprint density at radius 2 is 2.25 bits per heavy atom. The van der Waals surface area contributed by atoms with Crippen molar-refractivity contribution in [3.63, 3.8) is 0 Å². The van der Waals surface area contributed by atoms with E-state index in [1.165, 1.54) is 26.3 Å². The third kappa shape index (κ3) is 3.10. The summed E-state index contributed by atoms with van der Waals surface area (Å²) in [5, 5.41) is 13.2. The third-order valence-corrected chi connectivity index (χ3v) is 4.29. The van der Waals surface area contributed by atoms with Crippen molar-refractivity contribution in [1.29, 1.82) is 0 Å². The van der Waals surface area contributed by atoms with Crippen LogP contribution in [-0.4, -0.2) is 35.3 Å². The number of halogens is 1. The lowest BCUT2D eigenvalue weighted by molar-refractivity contribution is -0.119.